The van der Waals surface area contributed by atoms with Crippen molar-refractivity contribution in [3.63, 3.8) is 0 Å². The van der Waals surface area contributed by atoms with Gasteiger partial charge < -0.3 is 9.47 Å². The number of ether oxygens (including phenoxy) is 2. The summed E-state index contributed by atoms with van der Waals surface area (Å²) < 4.78 is 13.1. The van der Waals surface area contributed by atoms with Gasteiger partial charge in [-0.15, -0.1) is 0 Å². The van der Waals surface area contributed by atoms with E-state index in [0.29, 0.717) is 0 Å². The normalized spacial score (nSPS) is 18.9. The molecule has 24 heavy (non-hydrogen) atoms. The van der Waals surface area contributed by atoms with Gasteiger partial charge in [0.15, 0.2) is 0 Å². The molecule has 0 N–H and O–H groups in total. The molecule has 0 aliphatic carbocycles. The molecule has 1 aliphatic heterocycles. The highest BCUT2D eigenvalue weighted by atomic mass is 16.5. The number of aryl methyl sites for hydroxylation is 2. The Kier molecular flexibility index (Phi) is 5.66. The number of para-hydroxylation sites is 1. The fourth-order valence-electron chi connectivity index (χ4n) is 3.31. The Morgan fingerprint density at radius 1 is 1.29 bits per heavy atom. The summed E-state index contributed by atoms with van der Waals surface area (Å²) in [6, 6.07) is 10.7. The molecule has 2 heterocycles. The molecule has 0 amide bonds. The van der Waals surface area contributed by atoms with E-state index in [9.17, 15) is 0 Å². The van der Waals surface area contributed by atoms with Gasteiger partial charge in [-0.25, -0.2) is 4.68 Å². The molecule has 0 unspecified atom stereocenters. The lowest BCUT2D eigenvalue weighted by Crippen LogP contribution is -2.42. The molecule has 5 heteroatoms. The first kappa shape index (κ1) is 17.1. The zero-order valence-electron chi connectivity index (χ0n) is 14.9. The highest BCUT2D eigenvalue weighted by Crippen LogP contribution is 2.20. The lowest BCUT2D eigenvalue weighted by Gasteiger charge is -2.33. The van der Waals surface area contributed by atoms with Gasteiger partial charge in [-0.1, -0.05) is 18.2 Å². The monoisotopic (exact) mass is 329 g/mol. The molecular formula is C19H27N3O2. The Balaban J connectivity index is 1.75. The van der Waals surface area contributed by atoms with E-state index >= 15 is 0 Å². The molecule has 0 spiro atoms. The fourth-order valence-corrected chi connectivity index (χ4v) is 3.31. The van der Waals surface area contributed by atoms with Crippen LogP contribution in [0.2, 0.25) is 0 Å². The first-order valence-electron chi connectivity index (χ1n) is 8.62. The van der Waals surface area contributed by atoms with Crippen molar-refractivity contribution in [1.29, 1.82) is 0 Å². The van der Waals surface area contributed by atoms with E-state index in [0.717, 1.165) is 45.0 Å². The van der Waals surface area contributed by atoms with Crippen LogP contribution in [-0.2, 0) is 16.0 Å². The van der Waals surface area contributed by atoms with E-state index < -0.39 is 0 Å². The topological polar surface area (TPSA) is 39.5 Å². The van der Waals surface area contributed by atoms with Crippen molar-refractivity contribution in [3.05, 3.63) is 47.3 Å². The zero-order valence-corrected chi connectivity index (χ0v) is 14.9. The Bertz CT molecular complexity index is 668. The van der Waals surface area contributed by atoms with Crippen LogP contribution >= 0.6 is 0 Å². The van der Waals surface area contributed by atoms with Crippen LogP contribution in [0.5, 0.6) is 0 Å². The maximum Gasteiger partial charge on any atom is 0.0724 e. The number of morpholine rings is 1. The van der Waals surface area contributed by atoms with E-state index in [-0.39, 0.29) is 6.10 Å². The summed E-state index contributed by atoms with van der Waals surface area (Å²) >= 11 is 0. The van der Waals surface area contributed by atoms with Gasteiger partial charge in [-0.05, 0) is 38.0 Å². The van der Waals surface area contributed by atoms with Crippen molar-refractivity contribution in [1.82, 2.24) is 14.7 Å². The van der Waals surface area contributed by atoms with Gasteiger partial charge >= 0.3 is 0 Å². The van der Waals surface area contributed by atoms with Gasteiger partial charge in [0.25, 0.3) is 0 Å². The average molecular weight is 329 g/mol. The third-order valence-corrected chi connectivity index (χ3v) is 4.49. The Morgan fingerprint density at radius 3 is 2.88 bits per heavy atom. The van der Waals surface area contributed by atoms with Crippen LogP contribution in [0.15, 0.2) is 30.3 Å². The number of hydrogen-bond acceptors (Lipinski definition) is 4. The van der Waals surface area contributed by atoms with E-state index in [1.165, 1.54) is 16.9 Å². The Morgan fingerprint density at radius 2 is 2.12 bits per heavy atom. The van der Waals surface area contributed by atoms with Crippen LogP contribution in [0.25, 0.3) is 5.69 Å². The second-order valence-electron chi connectivity index (χ2n) is 6.48. The van der Waals surface area contributed by atoms with Crippen LogP contribution in [-0.4, -0.2) is 54.2 Å². The van der Waals surface area contributed by atoms with Gasteiger partial charge in [-0.3, -0.25) is 4.90 Å². The minimum atomic E-state index is 0.263. The number of nitrogens with zero attached hydrogens (tertiary/aromatic N) is 3. The van der Waals surface area contributed by atoms with Crippen LogP contribution in [0.1, 0.15) is 23.4 Å². The summed E-state index contributed by atoms with van der Waals surface area (Å²) in [7, 11) is 1.74. The Hall–Kier alpha value is -1.69. The molecule has 1 fully saturated rings. The van der Waals surface area contributed by atoms with Crippen molar-refractivity contribution in [3.8, 4) is 5.69 Å². The Labute approximate surface area is 144 Å². The van der Waals surface area contributed by atoms with E-state index in [2.05, 4.69) is 47.3 Å². The zero-order chi connectivity index (χ0) is 16.9. The van der Waals surface area contributed by atoms with Crippen LogP contribution in [0.3, 0.4) is 0 Å². The molecule has 1 aromatic heterocycles. The van der Waals surface area contributed by atoms with E-state index in [1.807, 2.05) is 11.6 Å². The van der Waals surface area contributed by atoms with Gasteiger partial charge in [0.05, 0.1) is 24.1 Å². The lowest BCUT2D eigenvalue weighted by atomic mass is 10.1. The molecule has 1 aromatic carbocycles. The molecule has 0 radical (unpaired) electrons. The van der Waals surface area contributed by atoms with Gasteiger partial charge in [-0.2, -0.15) is 5.10 Å². The highest BCUT2D eigenvalue weighted by Gasteiger charge is 2.21. The van der Waals surface area contributed by atoms with Crippen LogP contribution in [0.4, 0.5) is 0 Å². The SMILES string of the molecule is COCC[C@@H]1CN(Cc2ccccc2-n2nc(C)cc2C)CCO1. The summed E-state index contributed by atoms with van der Waals surface area (Å²) in [5.74, 6) is 0. The number of benzene rings is 1. The number of rotatable bonds is 6. The van der Waals surface area contributed by atoms with Crippen LogP contribution < -0.4 is 0 Å². The predicted octanol–water partition coefficient (Wildman–Crippen LogP) is 2.73. The molecule has 2 aromatic rings. The molecule has 130 valence electrons. The molecule has 5 nitrogen and oxygen atoms in total. The van der Waals surface area contributed by atoms with E-state index in [1.54, 1.807) is 7.11 Å². The summed E-state index contributed by atoms with van der Waals surface area (Å²) in [6.45, 7) is 8.52. The molecule has 0 bridgehead atoms. The van der Waals surface area contributed by atoms with Crippen LogP contribution in [0, 0.1) is 13.8 Å². The molecule has 1 atom stereocenters. The molecular weight excluding hydrogens is 302 g/mol. The largest absolute Gasteiger partial charge is 0.385 e. The third kappa shape index (κ3) is 4.04. The number of methoxy groups -OCH3 is 1. The van der Waals surface area contributed by atoms with Gasteiger partial charge in [0, 0.05) is 39.0 Å². The molecule has 0 saturated carbocycles. The molecule has 3 rings (SSSR count). The molecule has 1 saturated heterocycles. The summed E-state index contributed by atoms with van der Waals surface area (Å²) in [5, 5.41) is 4.65. The average Bonchev–Trinajstić information content (AvgIpc) is 2.92. The predicted molar refractivity (Wildman–Crippen MR) is 94.5 cm³/mol. The fraction of sp³-hybridized carbons (Fsp3) is 0.526. The van der Waals surface area contributed by atoms with Crippen molar-refractivity contribution in [2.75, 3.05) is 33.4 Å². The first-order valence-corrected chi connectivity index (χ1v) is 8.62. The van der Waals surface area contributed by atoms with Crippen molar-refractivity contribution in [2.24, 2.45) is 0 Å². The minimum absolute atomic E-state index is 0.263. The minimum Gasteiger partial charge on any atom is -0.385 e. The van der Waals surface area contributed by atoms with Gasteiger partial charge in [0.1, 0.15) is 0 Å². The second-order valence-corrected chi connectivity index (χ2v) is 6.48. The standard InChI is InChI=1S/C19H27N3O2/c1-15-12-16(2)22(20-15)19-7-5-4-6-17(19)13-21-9-11-24-18(14-21)8-10-23-3/h4-7,12,18H,8-11,13-14H2,1-3H3/t18-/m1/s1. The number of hydrogen-bond donors (Lipinski definition) is 0. The summed E-state index contributed by atoms with van der Waals surface area (Å²) in [4.78, 5) is 2.47. The quantitative estimate of drug-likeness (QED) is 0.817. The highest BCUT2D eigenvalue weighted by molar-refractivity contribution is 5.41. The molecule has 1 aliphatic rings. The van der Waals surface area contributed by atoms with Gasteiger partial charge in [0.2, 0.25) is 0 Å². The van der Waals surface area contributed by atoms with Crippen molar-refractivity contribution >= 4 is 0 Å². The smallest absolute Gasteiger partial charge is 0.0724 e. The van der Waals surface area contributed by atoms with Crippen molar-refractivity contribution < 1.29 is 9.47 Å². The third-order valence-electron chi connectivity index (χ3n) is 4.49. The first-order chi connectivity index (χ1) is 11.7. The number of aromatic nitrogens is 2. The van der Waals surface area contributed by atoms with Crippen molar-refractivity contribution in [2.45, 2.75) is 32.9 Å². The maximum atomic E-state index is 5.85. The summed E-state index contributed by atoms with van der Waals surface area (Å²) in [6.07, 6.45) is 1.21. The lowest BCUT2D eigenvalue weighted by molar-refractivity contribution is -0.0432. The second kappa shape index (κ2) is 7.92. The summed E-state index contributed by atoms with van der Waals surface area (Å²) in [5.41, 5.74) is 4.69. The van der Waals surface area contributed by atoms with E-state index in [4.69, 9.17) is 9.47 Å². The maximum absolute atomic E-state index is 5.85.